The molecule has 94 valence electrons. The van der Waals surface area contributed by atoms with Crippen molar-refractivity contribution in [3.63, 3.8) is 0 Å². The van der Waals surface area contributed by atoms with Crippen LogP contribution in [-0.4, -0.2) is 23.0 Å². The smallest absolute Gasteiger partial charge is 0.358 e. The molecule has 2 rings (SSSR count). The molecule has 0 aromatic carbocycles. The largest absolute Gasteiger partial charge is 0.464 e. The maximum absolute atomic E-state index is 11.2. The lowest BCUT2D eigenvalue weighted by molar-refractivity contribution is 0.0593. The minimum atomic E-state index is -0.490. The third-order valence-corrected chi connectivity index (χ3v) is 3.81. The standard InChI is InChI=1S/C11H10BrN3O2S/c1-17-11(16)9-4-15-10(5-13-9)14-3-8-2-7(12)6-18-8/h2,4-6H,3H2,1H3,(H,14,15). The Bertz CT molecular complexity index is 541. The van der Waals surface area contributed by atoms with Gasteiger partial charge in [0.25, 0.3) is 0 Å². The fourth-order valence-corrected chi connectivity index (χ4v) is 2.64. The molecule has 7 heteroatoms. The van der Waals surface area contributed by atoms with Crippen LogP contribution < -0.4 is 5.32 Å². The molecule has 0 aliphatic heterocycles. The molecule has 0 saturated carbocycles. The third-order valence-electron chi connectivity index (χ3n) is 2.11. The van der Waals surface area contributed by atoms with Gasteiger partial charge in [-0.2, -0.15) is 0 Å². The Morgan fingerprint density at radius 1 is 1.50 bits per heavy atom. The van der Waals surface area contributed by atoms with Gasteiger partial charge in [0.1, 0.15) is 5.82 Å². The summed E-state index contributed by atoms with van der Waals surface area (Å²) in [7, 11) is 1.31. The number of ether oxygens (including phenoxy) is 1. The van der Waals surface area contributed by atoms with Gasteiger partial charge in [0, 0.05) is 14.7 Å². The summed E-state index contributed by atoms with van der Waals surface area (Å²) >= 11 is 5.04. The molecule has 0 bridgehead atoms. The summed E-state index contributed by atoms with van der Waals surface area (Å²) in [5.74, 6) is 0.128. The van der Waals surface area contributed by atoms with E-state index >= 15 is 0 Å². The Morgan fingerprint density at radius 3 is 2.89 bits per heavy atom. The van der Waals surface area contributed by atoms with Crippen LogP contribution >= 0.6 is 27.3 Å². The monoisotopic (exact) mass is 327 g/mol. The van der Waals surface area contributed by atoms with Gasteiger partial charge in [0.15, 0.2) is 5.69 Å². The van der Waals surface area contributed by atoms with Crippen molar-refractivity contribution in [2.45, 2.75) is 6.54 Å². The van der Waals surface area contributed by atoms with E-state index in [-0.39, 0.29) is 5.69 Å². The molecular weight excluding hydrogens is 318 g/mol. The second-order valence-corrected chi connectivity index (χ2v) is 5.27. The van der Waals surface area contributed by atoms with Crippen molar-refractivity contribution in [3.05, 3.63) is 38.9 Å². The molecule has 5 nitrogen and oxygen atoms in total. The number of thiophene rings is 1. The van der Waals surface area contributed by atoms with Crippen LogP contribution in [0.15, 0.2) is 28.3 Å². The molecule has 0 spiro atoms. The summed E-state index contributed by atoms with van der Waals surface area (Å²) in [5, 5.41) is 5.14. The molecule has 0 amide bonds. The molecule has 0 saturated heterocycles. The van der Waals surface area contributed by atoms with Crippen LogP contribution in [0.5, 0.6) is 0 Å². The molecule has 2 heterocycles. The third kappa shape index (κ3) is 3.27. The van der Waals surface area contributed by atoms with E-state index in [0.717, 1.165) is 4.47 Å². The number of hydrogen-bond donors (Lipinski definition) is 1. The van der Waals surface area contributed by atoms with E-state index in [4.69, 9.17) is 0 Å². The first-order valence-corrected chi connectivity index (χ1v) is 6.73. The molecule has 0 fully saturated rings. The average molecular weight is 328 g/mol. The van der Waals surface area contributed by atoms with Crippen molar-refractivity contribution in [1.29, 1.82) is 0 Å². The van der Waals surface area contributed by atoms with Crippen LogP contribution in [0.4, 0.5) is 5.82 Å². The normalized spacial score (nSPS) is 10.1. The lowest BCUT2D eigenvalue weighted by atomic mass is 10.4. The summed E-state index contributed by atoms with van der Waals surface area (Å²) in [4.78, 5) is 20.4. The predicted octanol–water partition coefficient (Wildman–Crippen LogP) is 2.70. The van der Waals surface area contributed by atoms with Crippen LogP contribution in [0, 0.1) is 0 Å². The first kappa shape index (κ1) is 13.0. The number of carbonyl (C=O) groups is 1. The molecule has 0 aliphatic rings. The molecule has 0 unspecified atom stereocenters. The molecule has 0 atom stereocenters. The van der Waals surface area contributed by atoms with Gasteiger partial charge in [-0.15, -0.1) is 11.3 Å². The highest BCUT2D eigenvalue weighted by Crippen LogP contribution is 2.20. The highest BCUT2D eigenvalue weighted by molar-refractivity contribution is 9.10. The molecule has 1 N–H and O–H groups in total. The van der Waals surface area contributed by atoms with Crippen LogP contribution in [0.25, 0.3) is 0 Å². The lowest BCUT2D eigenvalue weighted by Crippen LogP contribution is -2.06. The van der Waals surface area contributed by atoms with Gasteiger partial charge in [-0.25, -0.2) is 14.8 Å². The van der Waals surface area contributed by atoms with Gasteiger partial charge in [0.05, 0.1) is 26.0 Å². The van der Waals surface area contributed by atoms with E-state index in [2.05, 4.69) is 36.0 Å². The molecule has 0 aliphatic carbocycles. The van der Waals surface area contributed by atoms with Crippen molar-refractivity contribution in [3.8, 4) is 0 Å². The van der Waals surface area contributed by atoms with Crippen molar-refractivity contribution < 1.29 is 9.53 Å². The number of nitrogens with one attached hydrogen (secondary N) is 1. The Balaban J connectivity index is 1.96. The second-order valence-electron chi connectivity index (χ2n) is 3.36. The Kier molecular flexibility index (Phi) is 4.27. The molecular formula is C11H10BrN3O2S. The number of esters is 1. The van der Waals surface area contributed by atoms with E-state index in [1.165, 1.54) is 24.4 Å². The Labute approximate surface area is 116 Å². The van der Waals surface area contributed by atoms with Gasteiger partial charge in [0.2, 0.25) is 0 Å². The topological polar surface area (TPSA) is 64.1 Å². The van der Waals surface area contributed by atoms with E-state index in [0.29, 0.717) is 12.4 Å². The maximum atomic E-state index is 11.2. The number of aromatic nitrogens is 2. The summed E-state index contributed by atoms with van der Waals surface area (Å²) in [6.45, 7) is 0.669. The molecule has 0 radical (unpaired) electrons. The van der Waals surface area contributed by atoms with Crippen LogP contribution in [-0.2, 0) is 11.3 Å². The SMILES string of the molecule is COC(=O)c1cnc(NCc2cc(Br)cs2)cn1. The summed E-state index contributed by atoms with van der Waals surface area (Å²) < 4.78 is 5.61. The minimum Gasteiger partial charge on any atom is -0.464 e. The predicted molar refractivity (Wildman–Crippen MR) is 72.7 cm³/mol. The number of carbonyl (C=O) groups excluding carboxylic acids is 1. The van der Waals surface area contributed by atoms with E-state index < -0.39 is 5.97 Å². The van der Waals surface area contributed by atoms with Gasteiger partial charge in [-0.05, 0) is 22.0 Å². The molecule has 2 aromatic rings. The quantitative estimate of drug-likeness (QED) is 0.875. The maximum Gasteiger partial charge on any atom is 0.358 e. The molecule has 18 heavy (non-hydrogen) atoms. The fraction of sp³-hybridized carbons (Fsp3) is 0.182. The van der Waals surface area contributed by atoms with E-state index in [1.54, 1.807) is 11.3 Å². The fourth-order valence-electron chi connectivity index (χ4n) is 1.25. The number of rotatable bonds is 4. The van der Waals surface area contributed by atoms with Crippen molar-refractivity contribution in [2.24, 2.45) is 0 Å². The zero-order chi connectivity index (χ0) is 13.0. The minimum absolute atomic E-state index is 0.196. The average Bonchev–Trinajstić information content (AvgIpc) is 2.82. The van der Waals surface area contributed by atoms with Gasteiger partial charge < -0.3 is 10.1 Å². The zero-order valence-corrected chi connectivity index (χ0v) is 11.9. The number of methoxy groups -OCH3 is 1. The number of hydrogen-bond acceptors (Lipinski definition) is 6. The van der Waals surface area contributed by atoms with Crippen molar-refractivity contribution >= 4 is 39.1 Å². The Hall–Kier alpha value is -1.47. The van der Waals surface area contributed by atoms with Gasteiger partial charge >= 0.3 is 5.97 Å². The van der Waals surface area contributed by atoms with Crippen molar-refractivity contribution in [2.75, 3.05) is 12.4 Å². The van der Waals surface area contributed by atoms with Crippen LogP contribution in [0.1, 0.15) is 15.4 Å². The second kappa shape index (κ2) is 5.92. The van der Waals surface area contributed by atoms with Crippen molar-refractivity contribution in [1.82, 2.24) is 9.97 Å². The number of nitrogens with zero attached hydrogens (tertiary/aromatic N) is 2. The lowest BCUT2D eigenvalue weighted by Gasteiger charge is -2.03. The number of anilines is 1. The highest BCUT2D eigenvalue weighted by Gasteiger charge is 2.07. The zero-order valence-electron chi connectivity index (χ0n) is 9.51. The van der Waals surface area contributed by atoms with E-state index in [9.17, 15) is 4.79 Å². The van der Waals surface area contributed by atoms with Crippen LogP contribution in [0.2, 0.25) is 0 Å². The number of halogens is 1. The first-order chi connectivity index (χ1) is 8.69. The summed E-state index contributed by atoms with van der Waals surface area (Å²) in [6.07, 6.45) is 2.90. The summed E-state index contributed by atoms with van der Waals surface area (Å²) in [6, 6.07) is 2.04. The van der Waals surface area contributed by atoms with Gasteiger partial charge in [-0.3, -0.25) is 0 Å². The molecule has 2 aromatic heterocycles. The highest BCUT2D eigenvalue weighted by atomic mass is 79.9. The first-order valence-electron chi connectivity index (χ1n) is 5.06. The van der Waals surface area contributed by atoms with E-state index in [1.807, 2.05) is 11.4 Å². The Morgan fingerprint density at radius 2 is 2.33 bits per heavy atom. The van der Waals surface area contributed by atoms with Crippen LogP contribution in [0.3, 0.4) is 0 Å². The van der Waals surface area contributed by atoms with Gasteiger partial charge in [-0.1, -0.05) is 0 Å². The summed E-state index contributed by atoms with van der Waals surface area (Å²) in [5.41, 5.74) is 0.196.